The summed E-state index contributed by atoms with van der Waals surface area (Å²) < 4.78 is 4.75. The molecule has 49 heavy (non-hydrogen) atoms. The van der Waals surface area contributed by atoms with Crippen LogP contribution >= 0.6 is 0 Å². The normalized spacial score (nSPS) is 13.2. The maximum atomic E-state index is 5.09. The Kier molecular flexibility index (Phi) is 7.83. The van der Waals surface area contributed by atoms with E-state index in [1.807, 2.05) is 36.4 Å². The van der Waals surface area contributed by atoms with Crippen molar-refractivity contribution in [2.45, 2.75) is 19.8 Å². The second kappa shape index (κ2) is 12.7. The van der Waals surface area contributed by atoms with E-state index < -0.39 is 0 Å². The zero-order chi connectivity index (χ0) is 33.3. The minimum absolute atomic E-state index is 0.653. The Bertz CT molecular complexity index is 2480. The summed E-state index contributed by atoms with van der Waals surface area (Å²) in [5.74, 6) is 0.653. The number of hydrogen-bond donors (Lipinski definition) is 0. The van der Waals surface area contributed by atoms with Crippen molar-refractivity contribution in [1.29, 1.82) is 0 Å². The number of benzene rings is 4. The second-order valence-corrected chi connectivity index (χ2v) is 12.3. The van der Waals surface area contributed by atoms with Gasteiger partial charge in [0.25, 0.3) is 0 Å². The minimum Gasteiger partial charge on any atom is -0.320 e. The van der Waals surface area contributed by atoms with E-state index in [-0.39, 0.29) is 0 Å². The quantitative estimate of drug-likeness (QED) is 0.156. The summed E-state index contributed by atoms with van der Waals surface area (Å²) in [5.41, 5.74) is 12.9. The highest BCUT2D eigenvalue weighted by Crippen LogP contribution is 2.41. The van der Waals surface area contributed by atoms with Gasteiger partial charge in [-0.25, -0.2) is 9.97 Å². The van der Waals surface area contributed by atoms with E-state index in [4.69, 9.17) is 9.97 Å². The second-order valence-electron chi connectivity index (χ2n) is 12.3. The van der Waals surface area contributed by atoms with Gasteiger partial charge in [0, 0.05) is 45.0 Å². The Morgan fingerprint density at radius 1 is 0.796 bits per heavy atom. The maximum Gasteiger partial charge on any atom is 0.160 e. The Morgan fingerprint density at radius 3 is 2.41 bits per heavy atom. The van der Waals surface area contributed by atoms with Gasteiger partial charge in [-0.15, -0.1) is 0 Å². The largest absolute Gasteiger partial charge is 0.320 e. The van der Waals surface area contributed by atoms with Gasteiger partial charge in [0.05, 0.1) is 28.1 Å². The molecule has 1 aliphatic rings. The number of fused-ring (bicyclic) bond motifs is 3. The molecule has 0 unspecified atom stereocenters. The molecule has 0 N–H and O–H groups in total. The monoisotopic (exact) mass is 632 g/mol. The fraction of sp³-hybridized carbons (Fsp3) is 0.0667. The molecule has 4 heteroatoms. The first-order valence-corrected chi connectivity index (χ1v) is 16.7. The number of allylic oxidation sites excluding steroid dienone is 8. The van der Waals surface area contributed by atoms with Crippen LogP contribution in [-0.2, 0) is 0 Å². The number of aromatic nitrogens is 4. The van der Waals surface area contributed by atoms with Crippen molar-refractivity contribution in [3.05, 3.63) is 176 Å². The molecule has 0 atom stereocenters. The molecular formula is C45H36N4. The molecule has 4 aromatic carbocycles. The molecule has 0 fully saturated rings. The van der Waals surface area contributed by atoms with E-state index in [2.05, 4.69) is 139 Å². The summed E-state index contributed by atoms with van der Waals surface area (Å²) in [6.45, 7) is 10.2. The number of para-hydroxylation sites is 1. The first-order valence-electron chi connectivity index (χ1n) is 16.7. The molecule has 7 aromatic rings. The zero-order valence-electron chi connectivity index (χ0n) is 27.6. The SMILES string of the molecule is C=C/C=C(\C=C)c1cc(-c2ccccc2)nc(-c2cccc(-n3c4ccccc4c4c(-c5c(C)ccn5C5=CC=CCC5)cccc43)c2)n1. The molecule has 0 aliphatic heterocycles. The lowest BCUT2D eigenvalue weighted by Crippen LogP contribution is -2.01. The van der Waals surface area contributed by atoms with Crippen LogP contribution in [0.3, 0.4) is 0 Å². The van der Waals surface area contributed by atoms with Gasteiger partial charge in [-0.3, -0.25) is 0 Å². The molecule has 0 saturated carbocycles. The third kappa shape index (κ3) is 5.38. The van der Waals surface area contributed by atoms with E-state index >= 15 is 0 Å². The van der Waals surface area contributed by atoms with Crippen LogP contribution in [0.1, 0.15) is 24.1 Å². The molecule has 0 spiro atoms. The predicted octanol–water partition coefficient (Wildman–Crippen LogP) is 11.6. The molecule has 3 heterocycles. The first kappa shape index (κ1) is 30.1. The highest BCUT2D eigenvalue weighted by Gasteiger charge is 2.21. The van der Waals surface area contributed by atoms with E-state index in [1.54, 1.807) is 6.08 Å². The smallest absolute Gasteiger partial charge is 0.160 e. The molecule has 0 bridgehead atoms. The van der Waals surface area contributed by atoms with Crippen molar-refractivity contribution in [3.8, 4) is 39.6 Å². The van der Waals surface area contributed by atoms with Crippen LogP contribution in [0.4, 0.5) is 0 Å². The number of rotatable bonds is 8. The maximum absolute atomic E-state index is 5.09. The van der Waals surface area contributed by atoms with Crippen LogP contribution in [0.5, 0.6) is 0 Å². The lowest BCUT2D eigenvalue weighted by atomic mass is 10.0. The van der Waals surface area contributed by atoms with E-state index in [1.165, 1.54) is 33.3 Å². The first-order chi connectivity index (χ1) is 24.1. The molecule has 8 rings (SSSR count). The zero-order valence-corrected chi connectivity index (χ0v) is 27.6. The van der Waals surface area contributed by atoms with Crippen molar-refractivity contribution in [1.82, 2.24) is 19.1 Å². The lowest BCUT2D eigenvalue weighted by Gasteiger charge is -2.17. The number of aryl methyl sites for hydroxylation is 1. The van der Waals surface area contributed by atoms with Crippen LogP contribution in [0.25, 0.3) is 72.7 Å². The van der Waals surface area contributed by atoms with E-state index in [9.17, 15) is 0 Å². The Balaban J connectivity index is 1.33. The minimum atomic E-state index is 0.653. The average Bonchev–Trinajstić information content (AvgIpc) is 3.72. The third-order valence-corrected chi connectivity index (χ3v) is 9.31. The molecular weight excluding hydrogens is 597 g/mol. The topological polar surface area (TPSA) is 35.6 Å². The molecule has 4 nitrogen and oxygen atoms in total. The van der Waals surface area contributed by atoms with Crippen molar-refractivity contribution in [3.63, 3.8) is 0 Å². The molecule has 0 amide bonds. The van der Waals surface area contributed by atoms with Gasteiger partial charge in [-0.1, -0.05) is 116 Å². The van der Waals surface area contributed by atoms with Crippen molar-refractivity contribution < 1.29 is 0 Å². The van der Waals surface area contributed by atoms with Gasteiger partial charge >= 0.3 is 0 Å². The van der Waals surface area contributed by atoms with Crippen molar-refractivity contribution in [2.75, 3.05) is 0 Å². The number of hydrogen-bond acceptors (Lipinski definition) is 2. The summed E-state index contributed by atoms with van der Waals surface area (Å²) in [5, 5.41) is 2.46. The van der Waals surface area contributed by atoms with Gasteiger partial charge in [-0.2, -0.15) is 0 Å². The van der Waals surface area contributed by atoms with Crippen molar-refractivity contribution in [2.24, 2.45) is 0 Å². The van der Waals surface area contributed by atoms with E-state index in [0.29, 0.717) is 5.82 Å². The van der Waals surface area contributed by atoms with Crippen LogP contribution in [0, 0.1) is 6.92 Å². The van der Waals surface area contributed by atoms with E-state index in [0.717, 1.165) is 57.7 Å². The van der Waals surface area contributed by atoms with Crippen molar-refractivity contribution >= 4 is 33.1 Å². The van der Waals surface area contributed by atoms with Gasteiger partial charge in [0.2, 0.25) is 0 Å². The Labute approximate surface area is 287 Å². The molecule has 0 saturated heterocycles. The van der Waals surface area contributed by atoms with Gasteiger partial charge in [0.1, 0.15) is 0 Å². The van der Waals surface area contributed by atoms with Gasteiger partial charge < -0.3 is 9.13 Å². The predicted molar refractivity (Wildman–Crippen MR) is 206 cm³/mol. The van der Waals surface area contributed by atoms with Gasteiger partial charge in [-0.05, 0) is 73.4 Å². The summed E-state index contributed by atoms with van der Waals surface area (Å²) in [4.78, 5) is 10.1. The van der Waals surface area contributed by atoms with Crippen LogP contribution in [0.15, 0.2) is 165 Å². The van der Waals surface area contributed by atoms with Crippen LogP contribution in [-0.4, -0.2) is 19.1 Å². The highest BCUT2D eigenvalue weighted by molar-refractivity contribution is 6.16. The van der Waals surface area contributed by atoms with Crippen LogP contribution < -0.4 is 0 Å². The lowest BCUT2D eigenvalue weighted by molar-refractivity contribution is 0.949. The molecule has 3 aromatic heterocycles. The summed E-state index contributed by atoms with van der Waals surface area (Å²) >= 11 is 0. The summed E-state index contributed by atoms with van der Waals surface area (Å²) in [7, 11) is 0. The van der Waals surface area contributed by atoms with Crippen LogP contribution in [0.2, 0.25) is 0 Å². The summed E-state index contributed by atoms with van der Waals surface area (Å²) in [6.07, 6.45) is 16.5. The average molecular weight is 633 g/mol. The molecule has 0 radical (unpaired) electrons. The Hall–Kier alpha value is -6.26. The number of nitrogens with zero attached hydrogens (tertiary/aromatic N) is 4. The molecule has 1 aliphatic carbocycles. The van der Waals surface area contributed by atoms with Gasteiger partial charge in [0.15, 0.2) is 5.82 Å². The molecule has 236 valence electrons. The highest BCUT2D eigenvalue weighted by atomic mass is 15.0. The summed E-state index contributed by atoms with van der Waals surface area (Å²) in [6, 6.07) is 38.4. The third-order valence-electron chi connectivity index (χ3n) is 9.31. The fourth-order valence-corrected chi connectivity index (χ4v) is 7.05. The Morgan fingerprint density at radius 2 is 1.59 bits per heavy atom. The fourth-order valence-electron chi connectivity index (χ4n) is 7.05. The standard InChI is InChI=1S/C45H36N4/c1-4-16-32(5-2)39-30-40(33-17-8-6-9-18-33)47-45(46-39)34-19-14-22-36(29-34)49-41-25-13-12-23-37(41)43-38(24-15-26-42(43)49)44-31(3)27-28-48(44)35-20-10-7-11-21-35/h4-10,12-20,22-30H,1-2,11,21H2,3H3/b32-16+.